The molecule has 2 aromatic heterocycles. The van der Waals surface area contributed by atoms with Gasteiger partial charge in [-0.3, -0.25) is 4.79 Å². The number of alkyl halides is 3. The molecule has 0 N–H and O–H groups in total. The molecule has 0 bridgehead atoms. The van der Waals surface area contributed by atoms with Crippen LogP contribution in [0.4, 0.5) is 13.2 Å². The first-order valence-electron chi connectivity index (χ1n) is 12.7. The molecule has 42 heavy (non-hydrogen) atoms. The lowest BCUT2D eigenvalue weighted by Crippen LogP contribution is -2.40. The summed E-state index contributed by atoms with van der Waals surface area (Å²) < 4.78 is 72.4. The van der Waals surface area contributed by atoms with Gasteiger partial charge in [0.15, 0.2) is 18.5 Å². The maximum absolute atomic E-state index is 12.9. The first kappa shape index (κ1) is 30.0. The third-order valence-electron chi connectivity index (χ3n) is 6.67. The summed E-state index contributed by atoms with van der Waals surface area (Å²) in [4.78, 5) is 28.3. The van der Waals surface area contributed by atoms with Gasteiger partial charge in [0.1, 0.15) is 5.71 Å². The minimum absolute atomic E-state index is 0.0724. The Hall–Kier alpha value is -3.43. The normalized spacial score (nSPS) is 18.0. The molecule has 0 radical (unpaired) electrons. The van der Waals surface area contributed by atoms with Crippen molar-refractivity contribution in [2.45, 2.75) is 37.5 Å². The molecule has 1 aromatic carbocycles. The predicted molar refractivity (Wildman–Crippen MR) is 147 cm³/mol. The highest BCUT2D eigenvalue weighted by Gasteiger charge is 2.33. The van der Waals surface area contributed by atoms with Crippen LogP contribution in [0.1, 0.15) is 53.1 Å². The molecule has 1 saturated heterocycles. The molecule has 5 rings (SSSR count). The van der Waals surface area contributed by atoms with Crippen molar-refractivity contribution in [2.75, 3.05) is 26.0 Å². The van der Waals surface area contributed by atoms with Crippen molar-refractivity contribution in [3.05, 3.63) is 68.8 Å². The minimum atomic E-state index is -4.53. The zero-order chi connectivity index (χ0) is 30.1. The number of ether oxygens (including phenoxy) is 1. The van der Waals surface area contributed by atoms with Gasteiger partial charge in [0.2, 0.25) is 5.88 Å². The van der Waals surface area contributed by atoms with Crippen molar-refractivity contribution in [1.29, 1.82) is 0 Å². The van der Waals surface area contributed by atoms with E-state index in [-0.39, 0.29) is 28.5 Å². The molecule has 4 heterocycles. The fourth-order valence-electron chi connectivity index (χ4n) is 4.62. The lowest BCUT2D eigenvalue weighted by Gasteiger charge is -2.31. The maximum Gasteiger partial charge on any atom is 0.416 e. The van der Waals surface area contributed by atoms with Crippen LogP contribution in [-0.2, 0) is 25.9 Å². The van der Waals surface area contributed by atoms with Crippen molar-refractivity contribution < 1.29 is 40.1 Å². The summed E-state index contributed by atoms with van der Waals surface area (Å²) in [6.07, 6.45) is -1.65. The van der Waals surface area contributed by atoms with Gasteiger partial charge in [-0.05, 0) is 31.0 Å². The van der Waals surface area contributed by atoms with Gasteiger partial charge in [-0.25, -0.2) is 9.97 Å². The van der Waals surface area contributed by atoms with Crippen molar-refractivity contribution in [3.63, 3.8) is 0 Å². The van der Waals surface area contributed by atoms with Crippen LogP contribution in [-0.4, -0.2) is 60.9 Å². The number of carbonyl (C=O) groups is 1. The van der Waals surface area contributed by atoms with E-state index in [0.717, 1.165) is 29.6 Å². The van der Waals surface area contributed by atoms with Gasteiger partial charge < -0.3 is 18.7 Å². The Morgan fingerprint density at radius 3 is 2.71 bits per heavy atom. The first-order valence-corrected chi connectivity index (χ1v) is 15.7. The molecule has 0 aliphatic carbocycles. The average molecular weight is 645 g/mol. The Morgan fingerprint density at radius 1 is 1.24 bits per heavy atom. The third-order valence-corrected chi connectivity index (χ3v) is 8.48. The molecule has 3 aromatic rings. The standard InChI is InChI=1S/C26H24ClF3N4O6S2/c1-42(36,37)40-20-4-2-3-17(27)24(20)21-12-18(33-39-21)19-14-41-25(32-19)15-6-9-34(10-7-15)23(35)13-38-22-11-16(5-8-31-22)26(28,29)30/h2-5,8,11,14-15,21H,6-7,9-10,12-13H2,1H3. The Labute approximate surface area is 248 Å². The number of oxime groups is 1. The van der Waals surface area contributed by atoms with E-state index in [1.54, 1.807) is 17.0 Å². The predicted octanol–water partition coefficient (Wildman–Crippen LogP) is 5.20. The smallest absolute Gasteiger partial charge is 0.416 e. The minimum Gasteiger partial charge on any atom is -0.468 e. The number of likely N-dealkylation sites (tertiary alicyclic amines) is 1. The van der Waals surface area contributed by atoms with E-state index in [4.69, 9.17) is 30.3 Å². The lowest BCUT2D eigenvalue weighted by molar-refractivity contribution is -0.137. The van der Waals surface area contributed by atoms with Crippen LogP contribution in [0, 0.1) is 0 Å². The van der Waals surface area contributed by atoms with Crippen LogP contribution < -0.4 is 8.92 Å². The Morgan fingerprint density at radius 2 is 2.00 bits per heavy atom. The number of nitrogens with zero attached hydrogens (tertiary/aromatic N) is 4. The summed E-state index contributed by atoms with van der Waals surface area (Å²) in [5.41, 5.74) is 0.698. The summed E-state index contributed by atoms with van der Waals surface area (Å²) >= 11 is 7.81. The summed E-state index contributed by atoms with van der Waals surface area (Å²) in [6, 6.07) is 6.28. The van der Waals surface area contributed by atoms with E-state index in [2.05, 4.69) is 10.1 Å². The molecule has 0 saturated carbocycles. The highest BCUT2D eigenvalue weighted by Crippen LogP contribution is 2.40. The maximum atomic E-state index is 12.9. The van der Waals surface area contributed by atoms with Gasteiger partial charge in [0.05, 0.1) is 33.1 Å². The van der Waals surface area contributed by atoms with Crippen LogP contribution in [0.15, 0.2) is 47.1 Å². The molecule has 2 aliphatic rings. The van der Waals surface area contributed by atoms with Crippen molar-refractivity contribution in [2.24, 2.45) is 5.16 Å². The van der Waals surface area contributed by atoms with E-state index in [0.29, 0.717) is 49.3 Å². The Balaban J connectivity index is 1.15. The number of benzene rings is 1. The van der Waals surface area contributed by atoms with Crippen molar-refractivity contribution >= 4 is 44.7 Å². The molecule has 16 heteroatoms. The Bertz CT molecular complexity index is 1610. The third kappa shape index (κ3) is 7.13. The number of carbonyl (C=O) groups excluding carboxylic acids is 1. The fourth-order valence-corrected chi connectivity index (χ4v) is 6.38. The fraction of sp³-hybridized carbons (Fsp3) is 0.385. The number of aromatic nitrogens is 2. The van der Waals surface area contributed by atoms with Crippen LogP contribution in [0.5, 0.6) is 11.6 Å². The van der Waals surface area contributed by atoms with Gasteiger partial charge >= 0.3 is 16.3 Å². The molecule has 1 atom stereocenters. The molecule has 224 valence electrons. The van der Waals surface area contributed by atoms with Crippen LogP contribution in [0.3, 0.4) is 0 Å². The number of rotatable bonds is 8. The quantitative estimate of drug-likeness (QED) is 0.307. The second kappa shape index (κ2) is 12.1. The average Bonchev–Trinajstić information content (AvgIpc) is 3.61. The molecular weight excluding hydrogens is 621 g/mol. The van der Waals surface area contributed by atoms with Gasteiger partial charge in [0, 0.05) is 43.1 Å². The van der Waals surface area contributed by atoms with Gasteiger partial charge in [-0.15, -0.1) is 11.3 Å². The number of hydrogen-bond acceptors (Lipinski definition) is 10. The second-order valence-electron chi connectivity index (χ2n) is 9.67. The molecule has 1 unspecified atom stereocenters. The second-order valence-corrected chi connectivity index (χ2v) is 12.5. The molecule has 1 fully saturated rings. The van der Waals surface area contributed by atoms with Crippen molar-refractivity contribution in [1.82, 2.24) is 14.9 Å². The number of halogens is 4. The molecule has 1 amide bonds. The SMILES string of the molecule is CS(=O)(=O)Oc1cccc(Cl)c1C1CC(c2csc(C3CCN(C(=O)COc4cc(C(F)(F)F)ccn4)CC3)n2)=NO1. The molecule has 10 nitrogen and oxygen atoms in total. The highest BCUT2D eigenvalue weighted by atomic mass is 35.5. The Kier molecular flexibility index (Phi) is 8.62. The summed E-state index contributed by atoms with van der Waals surface area (Å²) in [5, 5.41) is 7.20. The van der Waals surface area contributed by atoms with E-state index >= 15 is 0 Å². The summed E-state index contributed by atoms with van der Waals surface area (Å²) in [5.74, 6) is -0.424. The van der Waals surface area contributed by atoms with Crippen molar-refractivity contribution in [3.8, 4) is 11.6 Å². The zero-order valence-corrected chi connectivity index (χ0v) is 24.4. The summed E-state index contributed by atoms with van der Waals surface area (Å²) in [7, 11) is -3.79. The number of amides is 1. The lowest BCUT2D eigenvalue weighted by atomic mass is 9.97. The van der Waals surface area contributed by atoms with Crippen LogP contribution in [0.2, 0.25) is 5.02 Å². The zero-order valence-electron chi connectivity index (χ0n) is 22.0. The van der Waals surface area contributed by atoms with Crippen LogP contribution >= 0.6 is 22.9 Å². The highest BCUT2D eigenvalue weighted by molar-refractivity contribution is 7.86. The molecule has 2 aliphatic heterocycles. The number of thiazole rings is 1. The van der Waals surface area contributed by atoms with Gasteiger partial charge in [-0.1, -0.05) is 22.8 Å². The van der Waals surface area contributed by atoms with Gasteiger partial charge in [0.25, 0.3) is 5.91 Å². The van der Waals surface area contributed by atoms with Crippen LogP contribution in [0.25, 0.3) is 0 Å². The van der Waals surface area contributed by atoms with E-state index in [9.17, 15) is 26.4 Å². The molecule has 0 spiro atoms. The monoisotopic (exact) mass is 644 g/mol. The largest absolute Gasteiger partial charge is 0.468 e. The number of pyridine rings is 1. The van der Waals surface area contributed by atoms with E-state index < -0.39 is 34.6 Å². The number of piperidine rings is 1. The number of hydrogen-bond donors (Lipinski definition) is 0. The van der Waals surface area contributed by atoms with Gasteiger partial charge in [-0.2, -0.15) is 21.6 Å². The first-order chi connectivity index (χ1) is 19.9. The summed E-state index contributed by atoms with van der Waals surface area (Å²) in [6.45, 7) is 0.475. The van der Waals surface area contributed by atoms with E-state index in [1.807, 2.05) is 5.38 Å². The topological polar surface area (TPSA) is 120 Å². The van der Waals surface area contributed by atoms with E-state index in [1.165, 1.54) is 17.4 Å². The molecular formula is C26H24ClF3N4O6S2.